The molecule has 0 bridgehead atoms. The summed E-state index contributed by atoms with van der Waals surface area (Å²) in [5.74, 6) is 0. The van der Waals surface area contributed by atoms with E-state index in [-0.39, 0.29) is 23.8 Å². The van der Waals surface area contributed by atoms with Crippen molar-refractivity contribution in [1.29, 1.82) is 0 Å². The summed E-state index contributed by atoms with van der Waals surface area (Å²) in [6.07, 6.45) is 3.72. The Labute approximate surface area is 116 Å². The topological polar surface area (TPSA) is 26.0 Å². The fourth-order valence-electron chi connectivity index (χ4n) is 0.953. The van der Waals surface area contributed by atoms with Crippen LogP contribution in [0, 0.1) is 6.07 Å². The minimum atomic E-state index is 0. The fraction of sp³-hybridized carbons (Fsp3) is 0.364. The van der Waals surface area contributed by atoms with E-state index in [4.69, 9.17) is 0 Å². The molecule has 1 aromatic rings. The Morgan fingerprint density at radius 3 is 2.53 bits per heavy atom. The minimum absolute atomic E-state index is 0. The maximum atomic E-state index is 4.66. The molecule has 0 aliphatic carbocycles. The van der Waals surface area contributed by atoms with E-state index < -0.39 is 0 Å². The van der Waals surface area contributed by atoms with Gasteiger partial charge in [-0.3, -0.25) is 0 Å². The molecular weight excluding hydrogens is 276 g/mol. The second-order valence-electron chi connectivity index (χ2n) is 2.81. The SMILES string of the molecule is CCCCc1[c-]cccc1.NC(=S)[S-].[Zn+2]. The van der Waals surface area contributed by atoms with Gasteiger partial charge >= 0.3 is 19.5 Å². The van der Waals surface area contributed by atoms with Gasteiger partial charge in [0.25, 0.3) is 0 Å². The van der Waals surface area contributed by atoms with Crippen LogP contribution in [-0.2, 0) is 38.5 Å². The van der Waals surface area contributed by atoms with E-state index in [0.29, 0.717) is 0 Å². The second kappa shape index (κ2) is 12.0. The maximum absolute atomic E-state index is 4.66. The van der Waals surface area contributed by atoms with Gasteiger partial charge in [0.05, 0.1) is 0 Å². The molecule has 0 radical (unpaired) electrons. The van der Waals surface area contributed by atoms with Crippen LogP contribution in [0.1, 0.15) is 25.3 Å². The minimum Gasteiger partial charge on any atom is -0.415 e. The molecule has 0 spiro atoms. The molecule has 0 saturated heterocycles. The molecule has 0 aromatic heterocycles. The van der Waals surface area contributed by atoms with Crippen LogP contribution in [-0.4, -0.2) is 4.32 Å². The van der Waals surface area contributed by atoms with Gasteiger partial charge in [-0.05, 0) is 0 Å². The quantitative estimate of drug-likeness (QED) is 0.401. The summed E-state index contributed by atoms with van der Waals surface area (Å²) < 4.78 is 0.0833. The molecular formula is C11H15NS2Zn. The summed E-state index contributed by atoms with van der Waals surface area (Å²) in [6.45, 7) is 2.21. The Morgan fingerprint density at radius 2 is 2.13 bits per heavy atom. The Hall–Kier alpha value is -0.0466. The van der Waals surface area contributed by atoms with Crippen LogP contribution in [0.2, 0.25) is 0 Å². The predicted octanol–water partition coefficient (Wildman–Crippen LogP) is 2.60. The van der Waals surface area contributed by atoms with Crippen molar-refractivity contribution < 1.29 is 19.5 Å². The van der Waals surface area contributed by atoms with E-state index in [0.717, 1.165) is 0 Å². The molecule has 0 saturated carbocycles. The van der Waals surface area contributed by atoms with Gasteiger partial charge in [-0.25, -0.2) is 0 Å². The van der Waals surface area contributed by atoms with E-state index in [1.165, 1.54) is 24.8 Å². The molecule has 1 nitrogen and oxygen atoms in total. The number of unbranched alkanes of at least 4 members (excludes halogenated alkanes) is 1. The van der Waals surface area contributed by atoms with Crippen molar-refractivity contribution in [2.24, 2.45) is 5.73 Å². The van der Waals surface area contributed by atoms with Crippen LogP contribution in [0.15, 0.2) is 24.3 Å². The summed E-state index contributed by atoms with van der Waals surface area (Å²) in [7, 11) is 0. The van der Waals surface area contributed by atoms with Crippen molar-refractivity contribution in [2.45, 2.75) is 26.2 Å². The normalized spacial score (nSPS) is 8.07. The number of nitrogens with two attached hydrogens (primary N) is 1. The maximum Gasteiger partial charge on any atom is 2.00 e. The number of hydrogen-bond acceptors (Lipinski definition) is 2. The molecule has 1 rings (SSSR count). The van der Waals surface area contributed by atoms with Crippen molar-refractivity contribution in [3.63, 3.8) is 0 Å². The van der Waals surface area contributed by atoms with E-state index in [2.05, 4.69) is 55.7 Å². The summed E-state index contributed by atoms with van der Waals surface area (Å²) in [5, 5.41) is 0. The number of thiocarbonyl (C=S) groups is 1. The smallest absolute Gasteiger partial charge is 0.415 e. The fourth-order valence-corrected chi connectivity index (χ4v) is 0.953. The van der Waals surface area contributed by atoms with Crippen LogP contribution in [0.3, 0.4) is 0 Å². The monoisotopic (exact) mass is 289 g/mol. The number of hydrogen-bond donors (Lipinski definition) is 1. The zero-order chi connectivity index (χ0) is 10.8. The van der Waals surface area contributed by atoms with Crippen molar-refractivity contribution in [3.05, 3.63) is 35.9 Å². The van der Waals surface area contributed by atoms with E-state index in [1.807, 2.05) is 12.1 Å². The van der Waals surface area contributed by atoms with Crippen molar-refractivity contribution in [2.75, 3.05) is 0 Å². The van der Waals surface area contributed by atoms with Crippen LogP contribution >= 0.6 is 12.2 Å². The standard InChI is InChI=1S/C10H13.CH3NS2.Zn/c1-2-3-7-10-8-5-4-6-9-10;2-1(3)4;/h4-6,8H,2-3,7H2,1H3;(H3,2,3,4);/q-1;;+2/p-1. The first-order chi connectivity index (χ1) is 6.66. The van der Waals surface area contributed by atoms with Crippen LogP contribution in [0.4, 0.5) is 0 Å². The molecule has 1 aromatic carbocycles. The Kier molecular flexibility index (Phi) is 13.9. The average Bonchev–Trinajstić information content (AvgIpc) is 2.15. The molecule has 4 heteroatoms. The van der Waals surface area contributed by atoms with Crippen LogP contribution in [0.25, 0.3) is 0 Å². The van der Waals surface area contributed by atoms with Gasteiger partial charge in [0, 0.05) is 0 Å². The first-order valence-corrected chi connectivity index (χ1v) is 5.40. The van der Waals surface area contributed by atoms with E-state index in [1.54, 1.807) is 0 Å². The first-order valence-electron chi connectivity index (χ1n) is 4.58. The van der Waals surface area contributed by atoms with Crippen molar-refractivity contribution in [3.8, 4) is 0 Å². The van der Waals surface area contributed by atoms with Gasteiger partial charge in [-0.15, -0.1) is 0 Å². The zero-order valence-electron chi connectivity index (χ0n) is 9.03. The molecule has 0 heterocycles. The van der Waals surface area contributed by atoms with Gasteiger partial charge in [0.2, 0.25) is 0 Å². The van der Waals surface area contributed by atoms with Crippen LogP contribution in [0.5, 0.6) is 0 Å². The van der Waals surface area contributed by atoms with Crippen LogP contribution < -0.4 is 5.73 Å². The largest absolute Gasteiger partial charge is 2.00 e. The molecule has 0 aliphatic heterocycles. The average molecular weight is 291 g/mol. The van der Waals surface area contributed by atoms with E-state index in [9.17, 15) is 0 Å². The van der Waals surface area contributed by atoms with Gasteiger partial charge < -0.3 is 30.6 Å². The summed E-state index contributed by atoms with van der Waals surface area (Å²) in [4.78, 5) is 0. The molecule has 0 amide bonds. The van der Waals surface area contributed by atoms with Crippen molar-refractivity contribution >= 4 is 29.2 Å². The van der Waals surface area contributed by atoms with E-state index >= 15 is 0 Å². The Bertz CT molecular complexity index is 248. The number of benzene rings is 1. The zero-order valence-corrected chi connectivity index (χ0v) is 13.6. The Morgan fingerprint density at radius 1 is 1.53 bits per heavy atom. The summed E-state index contributed by atoms with van der Waals surface area (Å²) in [6, 6.07) is 11.4. The third-order valence-electron chi connectivity index (χ3n) is 1.57. The van der Waals surface area contributed by atoms with Gasteiger partial charge in [0.1, 0.15) is 0 Å². The summed E-state index contributed by atoms with van der Waals surface area (Å²) >= 11 is 8.26. The van der Waals surface area contributed by atoms with Gasteiger partial charge in [-0.1, -0.05) is 30.5 Å². The third-order valence-corrected chi connectivity index (χ3v) is 1.57. The molecule has 15 heavy (non-hydrogen) atoms. The summed E-state index contributed by atoms with van der Waals surface area (Å²) in [5.41, 5.74) is 5.99. The molecule has 0 aliphatic rings. The predicted molar refractivity (Wildman–Crippen MR) is 68.0 cm³/mol. The molecule has 2 N–H and O–H groups in total. The third kappa shape index (κ3) is 14.0. The number of rotatable bonds is 3. The van der Waals surface area contributed by atoms with Crippen molar-refractivity contribution in [1.82, 2.24) is 0 Å². The molecule has 0 fully saturated rings. The molecule has 78 valence electrons. The van der Waals surface area contributed by atoms with Gasteiger partial charge in [-0.2, -0.15) is 35.9 Å². The molecule has 0 atom stereocenters. The van der Waals surface area contributed by atoms with Gasteiger partial charge in [0.15, 0.2) is 0 Å². The number of aryl methyl sites for hydroxylation is 1. The Balaban J connectivity index is 0. The first kappa shape index (κ1) is 17.4. The second-order valence-corrected chi connectivity index (χ2v) is 3.95. The molecule has 0 unspecified atom stereocenters.